The minimum atomic E-state index is -1.01. The number of pyridine rings is 1. The van der Waals surface area contributed by atoms with Crippen LogP contribution in [-0.2, 0) is 16.1 Å². The fourth-order valence-electron chi connectivity index (χ4n) is 3.13. The van der Waals surface area contributed by atoms with Crippen molar-refractivity contribution in [2.45, 2.75) is 13.5 Å². The normalized spacial score (nSPS) is 11.1. The largest absolute Gasteiger partial charge is 0.355 e. The van der Waals surface area contributed by atoms with Crippen molar-refractivity contribution < 1.29 is 23.2 Å². The molecular weight excluding hydrogens is 480 g/mol. The van der Waals surface area contributed by atoms with Gasteiger partial charge >= 0.3 is 0 Å². The molecule has 3 aromatic rings. The van der Waals surface area contributed by atoms with Crippen LogP contribution in [0.1, 0.15) is 28.4 Å². The Morgan fingerprint density at radius 3 is 2.68 bits per heavy atom. The molecule has 0 unspecified atom stereocenters. The van der Waals surface area contributed by atoms with Gasteiger partial charge in [0.1, 0.15) is 0 Å². The summed E-state index contributed by atoms with van der Waals surface area (Å²) in [5.74, 6) is 3.19. The van der Waals surface area contributed by atoms with Crippen molar-refractivity contribution in [1.29, 1.82) is 0 Å². The molecule has 2 aromatic carbocycles. The number of aliphatic imine (C=N–C) groups is 1. The molecule has 3 amide bonds. The summed E-state index contributed by atoms with van der Waals surface area (Å²) in [6.45, 7) is 1.61. The predicted molar refractivity (Wildman–Crippen MR) is 135 cm³/mol. The number of aromatic nitrogens is 1. The molecule has 188 valence electrons. The quantitative estimate of drug-likeness (QED) is 0.162. The number of nitrogens with one attached hydrogen (secondary N) is 2. The van der Waals surface area contributed by atoms with Crippen LogP contribution in [0.3, 0.4) is 0 Å². The second kappa shape index (κ2) is 12.7. The fourth-order valence-corrected chi connectivity index (χ4v) is 3.13. The third-order valence-electron chi connectivity index (χ3n) is 5.07. The SMILES string of the molecule is CNC(=O)c1cnc2ccc(C#CCNC(=O)/C(C)=C/N=C\N(C=O)Cc3ccc(F)c(F)c3)cc2c1. The van der Waals surface area contributed by atoms with E-state index in [1.54, 1.807) is 32.2 Å². The Balaban J connectivity index is 1.55. The van der Waals surface area contributed by atoms with Gasteiger partial charge < -0.3 is 15.5 Å². The molecule has 0 bridgehead atoms. The molecule has 8 nitrogen and oxygen atoms in total. The fraction of sp³-hybridized carbons (Fsp3) is 0.148. The number of halogens is 2. The summed E-state index contributed by atoms with van der Waals surface area (Å²) in [6.07, 6.45) is 4.43. The van der Waals surface area contributed by atoms with E-state index in [4.69, 9.17) is 0 Å². The maximum atomic E-state index is 13.3. The Labute approximate surface area is 212 Å². The van der Waals surface area contributed by atoms with Crippen molar-refractivity contribution in [3.05, 3.63) is 88.8 Å². The molecule has 0 aliphatic carbocycles. The molecule has 37 heavy (non-hydrogen) atoms. The van der Waals surface area contributed by atoms with Crippen LogP contribution in [0.5, 0.6) is 0 Å². The topological polar surface area (TPSA) is 104 Å². The third-order valence-corrected chi connectivity index (χ3v) is 5.07. The molecule has 0 aliphatic rings. The zero-order valence-corrected chi connectivity index (χ0v) is 20.1. The first-order chi connectivity index (χ1) is 17.8. The van der Waals surface area contributed by atoms with Crippen molar-refractivity contribution in [3.63, 3.8) is 0 Å². The number of benzene rings is 2. The Bertz CT molecular complexity index is 1460. The molecule has 3 rings (SSSR count). The van der Waals surface area contributed by atoms with Gasteiger partial charge in [-0.05, 0) is 48.9 Å². The number of rotatable bonds is 8. The number of fused-ring (bicyclic) bond motifs is 1. The monoisotopic (exact) mass is 503 g/mol. The van der Waals surface area contributed by atoms with E-state index >= 15 is 0 Å². The van der Waals surface area contributed by atoms with Crippen molar-refractivity contribution in [3.8, 4) is 11.8 Å². The Kier molecular flexibility index (Phi) is 9.16. The third kappa shape index (κ3) is 7.53. The Hall–Kier alpha value is -4.91. The van der Waals surface area contributed by atoms with Gasteiger partial charge in [0.05, 0.1) is 30.5 Å². The van der Waals surface area contributed by atoms with Gasteiger partial charge in [0.2, 0.25) is 12.3 Å². The van der Waals surface area contributed by atoms with Gasteiger partial charge in [0.15, 0.2) is 11.6 Å². The Morgan fingerprint density at radius 1 is 1.14 bits per heavy atom. The number of hydrogen-bond donors (Lipinski definition) is 2. The van der Waals surface area contributed by atoms with Crippen molar-refractivity contribution >= 4 is 35.5 Å². The van der Waals surface area contributed by atoms with E-state index in [0.717, 1.165) is 27.9 Å². The van der Waals surface area contributed by atoms with Crippen LogP contribution in [0.2, 0.25) is 0 Å². The molecular formula is C27H23F2N5O3. The van der Waals surface area contributed by atoms with Crippen LogP contribution in [0.25, 0.3) is 10.9 Å². The van der Waals surface area contributed by atoms with Crippen LogP contribution < -0.4 is 10.6 Å². The lowest BCUT2D eigenvalue weighted by atomic mass is 10.1. The molecule has 1 aromatic heterocycles. The average Bonchev–Trinajstić information content (AvgIpc) is 2.91. The molecule has 0 saturated carbocycles. The lowest BCUT2D eigenvalue weighted by Crippen LogP contribution is -2.24. The number of amides is 3. The van der Waals surface area contributed by atoms with E-state index in [1.807, 2.05) is 6.07 Å². The van der Waals surface area contributed by atoms with Crippen LogP contribution >= 0.6 is 0 Å². The highest BCUT2D eigenvalue weighted by Crippen LogP contribution is 2.15. The number of carbonyl (C=O) groups excluding carboxylic acids is 3. The average molecular weight is 504 g/mol. The highest BCUT2D eigenvalue weighted by molar-refractivity contribution is 5.97. The highest BCUT2D eigenvalue weighted by Gasteiger charge is 2.07. The second-order valence-corrected chi connectivity index (χ2v) is 7.80. The van der Waals surface area contributed by atoms with Crippen molar-refractivity contribution in [2.75, 3.05) is 13.6 Å². The summed E-state index contributed by atoms with van der Waals surface area (Å²) in [5, 5.41) is 5.97. The molecule has 0 atom stereocenters. The maximum absolute atomic E-state index is 13.3. The molecule has 10 heteroatoms. The summed E-state index contributed by atoms with van der Waals surface area (Å²) in [6, 6.07) is 10.5. The Morgan fingerprint density at radius 2 is 1.95 bits per heavy atom. The first-order valence-electron chi connectivity index (χ1n) is 11.0. The van der Waals surface area contributed by atoms with Gasteiger partial charge in [-0.1, -0.05) is 17.9 Å². The smallest absolute Gasteiger partial charge is 0.252 e. The van der Waals surface area contributed by atoms with Gasteiger partial charge in [0, 0.05) is 36.0 Å². The first kappa shape index (κ1) is 26.7. The zero-order valence-electron chi connectivity index (χ0n) is 20.1. The summed E-state index contributed by atoms with van der Waals surface area (Å²) in [4.78, 5) is 44.6. The summed E-state index contributed by atoms with van der Waals surface area (Å²) in [5.41, 5.74) is 2.52. The van der Waals surface area contributed by atoms with E-state index in [1.165, 1.54) is 24.8 Å². The van der Waals surface area contributed by atoms with E-state index in [-0.39, 0.29) is 24.6 Å². The van der Waals surface area contributed by atoms with E-state index in [2.05, 4.69) is 32.5 Å². The van der Waals surface area contributed by atoms with Gasteiger partial charge in [-0.25, -0.2) is 13.8 Å². The molecule has 0 radical (unpaired) electrons. The van der Waals surface area contributed by atoms with Gasteiger partial charge in [-0.15, -0.1) is 0 Å². The van der Waals surface area contributed by atoms with E-state index < -0.39 is 17.5 Å². The predicted octanol–water partition coefficient (Wildman–Crippen LogP) is 2.93. The minimum absolute atomic E-state index is 0.0170. The minimum Gasteiger partial charge on any atom is -0.355 e. The summed E-state index contributed by atoms with van der Waals surface area (Å²) >= 11 is 0. The van der Waals surface area contributed by atoms with Crippen LogP contribution in [0.15, 0.2) is 65.4 Å². The van der Waals surface area contributed by atoms with Gasteiger partial charge in [-0.2, -0.15) is 0 Å². The number of hydrogen-bond acceptors (Lipinski definition) is 5. The molecule has 0 aliphatic heterocycles. The second-order valence-electron chi connectivity index (χ2n) is 7.80. The first-order valence-corrected chi connectivity index (χ1v) is 11.0. The van der Waals surface area contributed by atoms with Gasteiger partial charge in [0.25, 0.3) is 5.91 Å². The molecule has 2 N–H and O–H groups in total. The van der Waals surface area contributed by atoms with Crippen LogP contribution in [0, 0.1) is 23.5 Å². The van der Waals surface area contributed by atoms with Crippen molar-refractivity contribution in [2.24, 2.45) is 4.99 Å². The summed E-state index contributed by atoms with van der Waals surface area (Å²) in [7, 11) is 1.55. The van der Waals surface area contributed by atoms with Gasteiger partial charge in [-0.3, -0.25) is 19.4 Å². The molecule has 0 saturated heterocycles. The molecule has 0 fully saturated rings. The van der Waals surface area contributed by atoms with E-state index in [9.17, 15) is 23.2 Å². The van der Waals surface area contributed by atoms with Crippen LogP contribution in [-0.4, -0.2) is 48.0 Å². The van der Waals surface area contributed by atoms with Crippen molar-refractivity contribution in [1.82, 2.24) is 20.5 Å². The highest BCUT2D eigenvalue weighted by atomic mass is 19.2. The molecule has 1 heterocycles. The number of nitrogens with zero attached hydrogens (tertiary/aromatic N) is 3. The number of carbonyl (C=O) groups is 3. The standard InChI is InChI=1S/C27H23F2N5O3/c1-18(13-31-16-34(17-35)15-20-5-7-23(28)24(29)11-20)26(36)32-9-3-4-19-6-8-25-21(10-19)12-22(14-33-25)27(37)30-2/h5-8,10-14,16-17H,9,15H2,1-2H3,(H,30,37)(H,32,36)/b18-13+,31-16-. The maximum Gasteiger partial charge on any atom is 0.252 e. The summed E-state index contributed by atoms with van der Waals surface area (Å²) < 4.78 is 26.4. The lowest BCUT2D eigenvalue weighted by Gasteiger charge is -2.11. The molecule has 0 spiro atoms. The zero-order chi connectivity index (χ0) is 26.8. The van der Waals surface area contributed by atoms with E-state index in [0.29, 0.717) is 23.1 Å². The lowest BCUT2D eigenvalue weighted by molar-refractivity contribution is -0.117. The van der Waals surface area contributed by atoms with Crippen LogP contribution in [0.4, 0.5) is 8.78 Å².